The number of hydrogen-bond acceptors (Lipinski definition) is 10. The van der Waals surface area contributed by atoms with Crippen LogP contribution in [0.1, 0.15) is 35.9 Å². The Labute approximate surface area is 225 Å². The van der Waals surface area contributed by atoms with E-state index in [4.69, 9.17) is 13.9 Å². The molecule has 1 aromatic heterocycles. The number of methoxy groups -OCH3 is 1. The highest BCUT2D eigenvalue weighted by Crippen LogP contribution is 2.40. The number of amides is 1. The minimum Gasteiger partial charge on any atom is -0.466 e. The van der Waals surface area contributed by atoms with Crippen molar-refractivity contribution < 1.29 is 33.2 Å². The molecule has 12 nitrogen and oxygen atoms in total. The van der Waals surface area contributed by atoms with Crippen LogP contribution >= 0.6 is 0 Å². The van der Waals surface area contributed by atoms with E-state index in [1.807, 2.05) is 0 Å². The normalized spacial score (nSPS) is 18.0. The molecule has 1 atom stereocenters. The number of nitrogens with one attached hydrogen (secondary N) is 1. The molecule has 0 radical (unpaired) electrons. The van der Waals surface area contributed by atoms with Crippen molar-refractivity contribution in [3.63, 3.8) is 0 Å². The number of allylic oxidation sites excluding steroid dienone is 2. The molecule has 1 amide bonds. The summed E-state index contributed by atoms with van der Waals surface area (Å²) in [5.41, 5.74) is 1.54. The Morgan fingerprint density at radius 2 is 1.74 bits per heavy atom. The summed E-state index contributed by atoms with van der Waals surface area (Å²) in [6, 6.07) is 9.13. The highest BCUT2D eigenvalue weighted by molar-refractivity contribution is 6.00. The molecule has 2 aliphatic rings. The van der Waals surface area contributed by atoms with E-state index in [1.165, 1.54) is 31.6 Å². The lowest BCUT2D eigenvalue weighted by molar-refractivity contribution is -0.384. The SMILES string of the molecule is COC(=O)C1=C(C)NC(C)=C(C(=O)OCCN2CCN(C(=O)c3ccco3)CC2)[C@H]1c1cccc([N+](=O)[O-])c1. The van der Waals surface area contributed by atoms with Crippen LogP contribution in [0.2, 0.25) is 0 Å². The van der Waals surface area contributed by atoms with Crippen LogP contribution in [0.3, 0.4) is 0 Å². The molecule has 12 heteroatoms. The van der Waals surface area contributed by atoms with Gasteiger partial charge >= 0.3 is 11.9 Å². The number of nitrogens with zero attached hydrogens (tertiary/aromatic N) is 3. The number of piperazine rings is 1. The van der Waals surface area contributed by atoms with Crippen molar-refractivity contribution in [2.45, 2.75) is 19.8 Å². The lowest BCUT2D eigenvalue weighted by atomic mass is 9.80. The van der Waals surface area contributed by atoms with Crippen molar-refractivity contribution >= 4 is 23.5 Å². The smallest absolute Gasteiger partial charge is 0.336 e. The number of non-ortho nitro benzene ring substituents is 1. The van der Waals surface area contributed by atoms with Crippen LogP contribution in [0.5, 0.6) is 0 Å². The van der Waals surface area contributed by atoms with E-state index in [0.717, 1.165) is 0 Å². The maximum atomic E-state index is 13.4. The minimum atomic E-state index is -0.915. The van der Waals surface area contributed by atoms with Gasteiger partial charge in [0.25, 0.3) is 11.6 Å². The van der Waals surface area contributed by atoms with E-state index in [-0.39, 0.29) is 29.3 Å². The van der Waals surface area contributed by atoms with Gasteiger partial charge in [-0.2, -0.15) is 0 Å². The van der Waals surface area contributed by atoms with Crippen LogP contribution in [-0.2, 0) is 19.1 Å². The first-order valence-electron chi connectivity index (χ1n) is 12.4. The molecule has 4 rings (SSSR count). The first-order chi connectivity index (χ1) is 18.7. The molecule has 39 heavy (non-hydrogen) atoms. The van der Waals surface area contributed by atoms with Crippen molar-refractivity contribution in [3.05, 3.63) is 86.6 Å². The number of carbonyl (C=O) groups excluding carboxylic acids is 3. The lowest BCUT2D eigenvalue weighted by Gasteiger charge is -2.34. The molecule has 0 aliphatic carbocycles. The number of dihydropyridines is 1. The number of benzene rings is 1. The number of rotatable bonds is 8. The summed E-state index contributed by atoms with van der Waals surface area (Å²) in [4.78, 5) is 53.3. The zero-order valence-electron chi connectivity index (χ0n) is 22.0. The van der Waals surface area contributed by atoms with E-state index in [9.17, 15) is 24.5 Å². The van der Waals surface area contributed by atoms with Crippen molar-refractivity contribution in [3.8, 4) is 0 Å². The van der Waals surface area contributed by atoms with Crippen LogP contribution < -0.4 is 5.32 Å². The number of hydrogen-bond donors (Lipinski definition) is 1. The zero-order valence-corrected chi connectivity index (χ0v) is 22.0. The number of furan rings is 1. The van der Waals surface area contributed by atoms with Gasteiger partial charge in [0.15, 0.2) is 5.76 Å². The molecule has 3 heterocycles. The van der Waals surface area contributed by atoms with Crippen molar-refractivity contribution in [2.24, 2.45) is 0 Å². The van der Waals surface area contributed by atoms with Crippen LogP contribution in [0, 0.1) is 10.1 Å². The molecule has 1 fully saturated rings. The maximum Gasteiger partial charge on any atom is 0.336 e. The summed E-state index contributed by atoms with van der Waals surface area (Å²) in [6.45, 7) is 6.16. The van der Waals surface area contributed by atoms with Gasteiger partial charge in [-0.15, -0.1) is 0 Å². The fraction of sp³-hybridized carbons (Fsp3) is 0.370. The fourth-order valence-electron chi connectivity index (χ4n) is 4.87. The number of carbonyl (C=O) groups is 3. The predicted octanol–water partition coefficient (Wildman–Crippen LogP) is 2.60. The van der Waals surface area contributed by atoms with Gasteiger partial charge < -0.3 is 24.1 Å². The Morgan fingerprint density at radius 1 is 1.05 bits per heavy atom. The average molecular weight is 539 g/mol. The van der Waals surface area contributed by atoms with Gasteiger partial charge in [0.1, 0.15) is 6.61 Å². The number of nitro benzene ring substituents is 1. The minimum absolute atomic E-state index is 0.0830. The summed E-state index contributed by atoms with van der Waals surface area (Å²) in [5, 5.41) is 14.5. The second kappa shape index (κ2) is 11.9. The Kier molecular flexibility index (Phi) is 8.45. The molecule has 1 aromatic carbocycles. The first kappa shape index (κ1) is 27.6. The Balaban J connectivity index is 1.44. The van der Waals surface area contributed by atoms with E-state index in [1.54, 1.807) is 36.9 Å². The fourth-order valence-corrected chi connectivity index (χ4v) is 4.87. The van der Waals surface area contributed by atoms with Gasteiger partial charge in [0.05, 0.1) is 35.4 Å². The molecule has 2 aromatic rings. The summed E-state index contributed by atoms with van der Waals surface area (Å²) in [6.07, 6.45) is 1.46. The predicted molar refractivity (Wildman–Crippen MR) is 138 cm³/mol. The van der Waals surface area contributed by atoms with Gasteiger partial charge in [-0.25, -0.2) is 9.59 Å². The van der Waals surface area contributed by atoms with Crippen molar-refractivity contribution in [2.75, 3.05) is 46.4 Å². The summed E-state index contributed by atoms with van der Waals surface area (Å²) < 4.78 is 15.8. The molecule has 0 unspecified atom stereocenters. The molecular formula is C27H30N4O8. The number of ether oxygens (including phenoxy) is 2. The van der Waals surface area contributed by atoms with Crippen molar-refractivity contribution in [1.82, 2.24) is 15.1 Å². The van der Waals surface area contributed by atoms with Gasteiger partial charge in [0, 0.05) is 56.3 Å². The van der Waals surface area contributed by atoms with Gasteiger partial charge in [-0.05, 0) is 31.5 Å². The molecule has 0 spiro atoms. The Morgan fingerprint density at radius 3 is 2.36 bits per heavy atom. The monoisotopic (exact) mass is 538 g/mol. The standard InChI is InChI=1S/C27H30N4O8/c1-17-22(26(33)37-3)24(19-6-4-7-20(16-19)31(35)36)23(18(2)28-17)27(34)39-15-13-29-9-11-30(12-10-29)25(32)21-8-5-14-38-21/h4-8,14,16,24,28H,9-13,15H2,1-3H3/t24-/m0/s1. The van der Waals surface area contributed by atoms with Crippen LogP contribution in [0.25, 0.3) is 0 Å². The number of esters is 2. The molecule has 1 N–H and O–H groups in total. The zero-order chi connectivity index (χ0) is 28.1. The summed E-state index contributed by atoms with van der Waals surface area (Å²) in [5.74, 6) is -2.07. The van der Waals surface area contributed by atoms with Crippen LogP contribution in [0.15, 0.2) is 69.6 Å². The lowest BCUT2D eigenvalue weighted by Crippen LogP contribution is -2.49. The first-order valence-corrected chi connectivity index (χ1v) is 12.4. The highest BCUT2D eigenvalue weighted by Gasteiger charge is 2.38. The van der Waals surface area contributed by atoms with E-state index >= 15 is 0 Å². The average Bonchev–Trinajstić information content (AvgIpc) is 3.47. The van der Waals surface area contributed by atoms with E-state index in [2.05, 4.69) is 10.2 Å². The largest absolute Gasteiger partial charge is 0.466 e. The Hall–Kier alpha value is -4.45. The molecule has 2 aliphatic heterocycles. The van der Waals surface area contributed by atoms with Gasteiger partial charge in [0.2, 0.25) is 0 Å². The molecule has 0 saturated carbocycles. The quantitative estimate of drug-likeness (QED) is 0.302. The molecule has 0 bridgehead atoms. The van der Waals surface area contributed by atoms with E-state index < -0.39 is 22.8 Å². The topological polar surface area (TPSA) is 144 Å². The molecule has 206 valence electrons. The van der Waals surface area contributed by atoms with Crippen molar-refractivity contribution in [1.29, 1.82) is 0 Å². The highest BCUT2D eigenvalue weighted by atomic mass is 16.6. The number of nitro groups is 1. The third-order valence-corrected chi connectivity index (χ3v) is 6.83. The summed E-state index contributed by atoms with van der Waals surface area (Å²) in [7, 11) is 1.23. The third-order valence-electron chi connectivity index (χ3n) is 6.83. The summed E-state index contributed by atoms with van der Waals surface area (Å²) >= 11 is 0. The second-order valence-electron chi connectivity index (χ2n) is 9.23. The second-order valence-corrected chi connectivity index (χ2v) is 9.23. The maximum absolute atomic E-state index is 13.4. The van der Waals surface area contributed by atoms with Gasteiger partial charge in [-0.3, -0.25) is 19.8 Å². The Bertz CT molecular complexity index is 1320. The van der Waals surface area contributed by atoms with Crippen LogP contribution in [-0.4, -0.2) is 79.0 Å². The van der Waals surface area contributed by atoms with E-state index in [0.29, 0.717) is 55.4 Å². The molecular weight excluding hydrogens is 508 g/mol. The van der Waals surface area contributed by atoms with Gasteiger partial charge in [-0.1, -0.05) is 12.1 Å². The third kappa shape index (κ3) is 6.01. The van der Waals surface area contributed by atoms with Crippen LogP contribution in [0.4, 0.5) is 5.69 Å². The molecule has 1 saturated heterocycles.